The Labute approximate surface area is 133 Å². The van der Waals surface area contributed by atoms with Crippen molar-refractivity contribution in [3.63, 3.8) is 0 Å². The van der Waals surface area contributed by atoms with E-state index in [9.17, 15) is 0 Å². The first kappa shape index (κ1) is 14.3. The van der Waals surface area contributed by atoms with E-state index in [1.54, 1.807) is 0 Å². The van der Waals surface area contributed by atoms with Crippen molar-refractivity contribution in [1.82, 2.24) is 8.75 Å². The zero-order valence-electron chi connectivity index (χ0n) is 12.1. The van der Waals surface area contributed by atoms with Gasteiger partial charge in [-0.3, -0.25) is 0 Å². The number of rotatable bonds is 3. The Morgan fingerprint density at radius 2 is 1.81 bits per heavy atom. The zero-order valence-corrected chi connectivity index (χ0v) is 13.7. The maximum atomic E-state index is 6.33. The van der Waals surface area contributed by atoms with Crippen LogP contribution in [0.5, 0.6) is 0 Å². The smallest absolute Gasteiger partial charge is 0.129 e. The number of hydrogen-bond acceptors (Lipinski definition) is 4. The van der Waals surface area contributed by atoms with Crippen molar-refractivity contribution >= 4 is 40.0 Å². The lowest BCUT2D eigenvalue weighted by molar-refractivity contribution is 0.882. The van der Waals surface area contributed by atoms with Gasteiger partial charge in [-0.2, -0.15) is 8.75 Å². The number of nitrogens with zero attached hydrogens (tertiary/aromatic N) is 2. The molecule has 3 nitrogen and oxygen atoms in total. The van der Waals surface area contributed by atoms with Crippen molar-refractivity contribution in [3.05, 3.63) is 52.0 Å². The highest BCUT2D eigenvalue weighted by atomic mass is 35.5. The van der Waals surface area contributed by atoms with Gasteiger partial charge in [0.15, 0.2) is 0 Å². The van der Waals surface area contributed by atoms with E-state index in [1.807, 2.05) is 12.1 Å². The van der Waals surface area contributed by atoms with Crippen LogP contribution in [-0.4, -0.2) is 8.75 Å². The first-order valence-corrected chi connectivity index (χ1v) is 7.91. The number of benzene rings is 2. The van der Waals surface area contributed by atoms with Crippen LogP contribution in [0.4, 0.5) is 5.69 Å². The van der Waals surface area contributed by atoms with Gasteiger partial charge >= 0.3 is 0 Å². The van der Waals surface area contributed by atoms with Gasteiger partial charge in [-0.25, -0.2) is 0 Å². The Bertz CT molecular complexity index is 777. The van der Waals surface area contributed by atoms with Gasteiger partial charge in [0.1, 0.15) is 11.0 Å². The van der Waals surface area contributed by atoms with Crippen molar-refractivity contribution in [2.75, 3.05) is 5.32 Å². The molecule has 0 saturated heterocycles. The van der Waals surface area contributed by atoms with Gasteiger partial charge in [-0.15, -0.1) is 0 Å². The lowest BCUT2D eigenvalue weighted by Crippen LogP contribution is -2.08. The number of halogens is 1. The third-order valence-corrected chi connectivity index (χ3v) is 4.34. The predicted molar refractivity (Wildman–Crippen MR) is 90.4 cm³/mol. The summed E-state index contributed by atoms with van der Waals surface area (Å²) in [4.78, 5) is 0. The summed E-state index contributed by atoms with van der Waals surface area (Å²) >= 11 is 7.53. The highest BCUT2D eigenvalue weighted by Gasteiger charge is 2.13. The summed E-state index contributed by atoms with van der Waals surface area (Å²) in [6, 6.07) is 10.5. The summed E-state index contributed by atoms with van der Waals surface area (Å²) < 4.78 is 8.61. The van der Waals surface area contributed by atoms with Crippen molar-refractivity contribution < 1.29 is 0 Å². The van der Waals surface area contributed by atoms with Crippen molar-refractivity contribution in [2.24, 2.45) is 0 Å². The van der Waals surface area contributed by atoms with Crippen LogP contribution in [0.3, 0.4) is 0 Å². The molecule has 1 unspecified atom stereocenters. The van der Waals surface area contributed by atoms with Crippen LogP contribution in [0, 0.1) is 13.8 Å². The van der Waals surface area contributed by atoms with Crippen LogP contribution >= 0.6 is 23.3 Å². The zero-order chi connectivity index (χ0) is 15.0. The van der Waals surface area contributed by atoms with Gasteiger partial charge in [0.05, 0.1) is 22.4 Å². The molecule has 21 heavy (non-hydrogen) atoms. The molecule has 1 N–H and O–H groups in total. The number of aromatic nitrogens is 2. The maximum absolute atomic E-state index is 6.33. The summed E-state index contributed by atoms with van der Waals surface area (Å²) in [7, 11) is 0. The van der Waals surface area contributed by atoms with Crippen LogP contribution < -0.4 is 5.32 Å². The Hall–Kier alpha value is -1.65. The molecule has 3 rings (SSSR count). The second-order valence-corrected chi connectivity index (χ2v) is 6.28. The summed E-state index contributed by atoms with van der Waals surface area (Å²) in [5.74, 6) is 0. The summed E-state index contributed by atoms with van der Waals surface area (Å²) in [5, 5.41) is 4.15. The normalized spacial score (nSPS) is 12.6. The molecule has 1 heterocycles. The highest BCUT2D eigenvalue weighted by molar-refractivity contribution is 7.00. The SMILES string of the molecule is Cc1cc(C)cc(C(C)Nc2c(Cl)ccc3nsnc23)c1. The standard InChI is InChI=1S/C16H16ClN3S/c1-9-6-10(2)8-12(7-9)11(3)18-15-13(17)4-5-14-16(15)20-21-19-14/h4-8,11,18H,1-3H3. The minimum Gasteiger partial charge on any atom is -0.375 e. The molecule has 0 fully saturated rings. The molecule has 0 radical (unpaired) electrons. The Morgan fingerprint density at radius 1 is 1.10 bits per heavy atom. The first-order valence-electron chi connectivity index (χ1n) is 6.80. The third-order valence-electron chi connectivity index (χ3n) is 3.48. The van der Waals surface area contributed by atoms with Gasteiger partial charge in [0.2, 0.25) is 0 Å². The molecule has 0 aliphatic carbocycles. The molecule has 5 heteroatoms. The van der Waals surface area contributed by atoms with Gasteiger partial charge in [-0.05, 0) is 38.5 Å². The van der Waals surface area contributed by atoms with Crippen molar-refractivity contribution in [1.29, 1.82) is 0 Å². The Balaban J connectivity index is 1.97. The minimum absolute atomic E-state index is 0.147. The van der Waals surface area contributed by atoms with Gasteiger partial charge in [0.25, 0.3) is 0 Å². The van der Waals surface area contributed by atoms with E-state index in [0.29, 0.717) is 5.02 Å². The Kier molecular flexibility index (Phi) is 3.83. The second-order valence-electron chi connectivity index (χ2n) is 5.34. The third kappa shape index (κ3) is 2.87. The lowest BCUT2D eigenvalue weighted by Gasteiger charge is -2.18. The summed E-state index contributed by atoms with van der Waals surface area (Å²) in [5.41, 5.74) is 6.33. The molecule has 1 atom stereocenters. The van der Waals surface area contributed by atoms with Crippen LogP contribution in [0.15, 0.2) is 30.3 Å². The molecular formula is C16H16ClN3S. The van der Waals surface area contributed by atoms with Crippen LogP contribution in [0.1, 0.15) is 29.7 Å². The molecule has 0 aliphatic rings. The molecule has 0 aliphatic heterocycles. The highest BCUT2D eigenvalue weighted by Crippen LogP contribution is 2.33. The fraction of sp³-hybridized carbons (Fsp3) is 0.250. The minimum atomic E-state index is 0.147. The van der Waals surface area contributed by atoms with Crippen molar-refractivity contribution in [3.8, 4) is 0 Å². The Morgan fingerprint density at radius 3 is 2.52 bits per heavy atom. The molecule has 0 bridgehead atoms. The van der Waals surface area contributed by atoms with Crippen molar-refractivity contribution in [2.45, 2.75) is 26.8 Å². The van der Waals surface area contributed by atoms with Gasteiger partial charge in [-0.1, -0.05) is 40.9 Å². The average Bonchev–Trinajstić information content (AvgIpc) is 2.89. The number of aryl methyl sites for hydroxylation is 2. The summed E-state index contributed by atoms with van der Waals surface area (Å²) in [6.07, 6.45) is 0. The molecular weight excluding hydrogens is 302 g/mol. The molecule has 0 amide bonds. The molecule has 3 aromatic rings. The first-order chi connectivity index (χ1) is 10.0. The van der Waals surface area contributed by atoms with Crippen LogP contribution in [0.2, 0.25) is 5.02 Å². The lowest BCUT2D eigenvalue weighted by atomic mass is 10.0. The second kappa shape index (κ2) is 5.62. The van der Waals surface area contributed by atoms with Crippen LogP contribution in [0.25, 0.3) is 11.0 Å². The van der Waals surface area contributed by atoms with E-state index in [-0.39, 0.29) is 6.04 Å². The topological polar surface area (TPSA) is 37.8 Å². The number of fused-ring (bicyclic) bond motifs is 1. The largest absolute Gasteiger partial charge is 0.375 e. The molecule has 2 aromatic carbocycles. The molecule has 108 valence electrons. The predicted octanol–water partition coefficient (Wildman–Crippen LogP) is 5.13. The van der Waals surface area contributed by atoms with E-state index in [2.05, 4.69) is 53.0 Å². The maximum Gasteiger partial charge on any atom is 0.129 e. The van der Waals surface area contributed by atoms with E-state index in [1.165, 1.54) is 28.4 Å². The van der Waals surface area contributed by atoms with E-state index in [4.69, 9.17) is 11.6 Å². The number of hydrogen-bond donors (Lipinski definition) is 1. The fourth-order valence-corrected chi connectivity index (χ4v) is 3.27. The quantitative estimate of drug-likeness (QED) is 0.727. The van der Waals surface area contributed by atoms with E-state index >= 15 is 0 Å². The summed E-state index contributed by atoms with van der Waals surface area (Å²) in [6.45, 7) is 6.35. The van der Waals surface area contributed by atoms with Gasteiger partial charge < -0.3 is 5.32 Å². The van der Waals surface area contributed by atoms with Crippen LogP contribution in [-0.2, 0) is 0 Å². The number of anilines is 1. The van der Waals surface area contributed by atoms with E-state index in [0.717, 1.165) is 16.7 Å². The van der Waals surface area contributed by atoms with Gasteiger partial charge in [0, 0.05) is 6.04 Å². The van der Waals surface area contributed by atoms with E-state index < -0.39 is 0 Å². The molecule has 0 spiro atoms. The number of nitrogens with one attached hydrogen (secondary N) is 1. The monoisotopic (exact) mass is 317 g/mol. The average molecular weight is 318 g/mol. The molecule has 1 aromatic heterocycles. The fourth-order valence-electron chi connectivity index (χ4n) is 2.52. The molecule has 0 saturated carbocycles.